The van der Waals surface area contributed by atoms with Gasteiger partial charge in [-0.05, 0) is 0 Å². The molecule has 4 rings (SSSR count). The zero-order valence-corrected chi connectivity index (χ0v) is 20.2. The Balaban J connectivity index is 1.62. The number of hydrogen-bond acceptors (Lipinski definition) is 6. The predicted molar refractivity (Wildman–Crippen MR) is 118 cm³/mol. The van der Waals surface area contributed by atoms with Crippen molar-refractivity contribution in [2.75, 3.05) is 39.1 Å². The Kier molecular flexibility index (Phi) is 6.47. The van der Waals surface area contributed by atoms with Gasteiger partial charge in [-0.25, -0.2) is 26.3 Å². The molecular formula is C21H22F3N5O6S. The fraction of sp³-hybridized carbons (Fsp3) is 0.381. The molecule has 0 saturated carbocycles. The van der Waals surface area contributed by atoms with E-state index in [-0.39, 0.29) is 36.0 Å². The highest BCUT2D eigenvalue weighted by atomic mass is 32.2. The molecule has 0 radical (unpaired) electrons. The summed E-state index contributed by atoms with van der Waals surface area (Å²) in [6.45, 7) is -0.128. The number of aromatic nitrogens is 1. The van der Waals surface area contributed by atoms with Gasteiger partial charge < -0.3 is 24.4 Å². The molecule has 2 aromatic rings. The number of halogens is 3. The normalized spacial score (nSPS) is 20.4. The third-order valence-corrected chi connectivity index (χ3v) is 7.40. The lowest BCUT2D eigenvalue weighted by Crippen LogP contribution is -2.45. The van der Waals surface area contributed by atoms with Crippen LogP contribution in [0.15, 0.2) is 23.2 Å². The number of anilines is 1. The van der Waals surface area contributed by atoms with E-state index in [4.69, 9.17) is 4.74 Å². The first-order valence-electron chi connectivity index (χ1n) is 10.6. The van der Waals surface area contributed by atoms with Crippen molar-refractivity contribution in [2.45, 2.75) is 10.9 Å². The van der Waals surface area contributed by atoms with Gasteiger partial charge in [0.1, 0.15) is 4.90 Å². The first-order valence-corrected chi connectivity index (χ1v) is 12.1. The smallest absolute Gasteiger partial charge is 0.312 e. The summed E-state index contributed by atoms with van der Waals surface area (Å²) in [6.07, 6.45) is 1.13. The van der Waals surface area contributed by atoms with E-state index < -0.39 is 62.8 Å². The van der Waals surface area contributed by atoms with Gasteiger partial charge in [-0.1, -0.05) is 0 Å². The predicted octanol–water partition coefficient (Wildman–Crippen LogP) is 0.281. The Hall–Kier alpha value is -3.59. The summed E-state index contributed by atoms with van der Waals surface area (Å²) in [5.74, 6) is -8.10. The second kappa shape index (κ2) is 9.13. The number of aryl methyl sites for hydroxylation is 1. The largest absolute Gasteiger partial charge is 0.489 e. The summed E-state index contributed by atoms with van der Waals surface area (Å²) in [7, 11) is -0.0343. The van der Waals surface area contributed by atoms with Crippen molar-refractivity contribution in [3.63, 3.8) is 0 Å². The minimum Gasteiger partial charge on any atom is -0.489 e. The molecule has 2 aliphatic heterocycles. The Labute approximate surface area is 203 Å². The standard InChI is InChI=1S/C21H22F3N5O6S/c1-27(2)20(31)21(32)29-6-10-9-35-18-15(36(33,34)26-14(10)7-29)8-28(3)17(18)19(30)25-11-4-12(22)16(24)13(23)5-11/h4-5,8,10,14,26H,6-7,9H2,1-3H3,(H,25,30)/t10-,14-/m1/s1. The number of amides is 3. The third kappa shape index (κ3) is 4.51. The summed E-state index contributed by atoms with van der Waals surface area (Å²) in [5.41, 5.74) is -0.665. The summed E-state index contributed by atoms with van der Waals surface area (Å²) in [4.78, 5) is 39.4. The Morgan fingerprint density at radius 2 is 1.78 bits per heavy atom. The molecule has 3 amide bonds. The topological polar surface area (TPSA) is 130 Å². The van der Waals surface area contributed by atoms with Crippen LogP contribution in [0.2, 0.25) is 0 Å². The van der Waals surface area contributed by atoms with E-state index in [1.165, 1.54) is 30.6 Å². The van der Waals surface area contributed by atoms with Crippen LogP contribution in [0.1, 0.15) is 10.5 Å². The molecule has 15 heteroatoms. The van der Waals surface area contributed by atoms with Crippen molar-refractivity contribution in [1.29, 1.82) is 0 Å². The number of carbonyl (C=O) groups is 3. The lowest BCUT2D eigenvalue weighted by molar-refractivity contribution is -0.149. The molecule has 2 N–H and O–H groups in total. The minimum absolute atomic E-state index is 0.0312. The maximum Gasteiger partial charge on any atom is 0.312 e. The van der Waals surface area contributed by atoms with Crippen molar-refractivity contribution in [3.8, 4) is 5.75 Å². The van der Waals surface area contributed by atoms with Gasteiger partial charge in [0.25, 0.3) is 5.91 Å². The van der Waals surface area contributed by atoms with E-state index in [2.05, 4.69) is 10.0 Å². The molecule has 0 spiro atoms. The number of nitrogens with zero attached hydrogens (tertiary/aromatic N) is 3. The summed E-state index contributed by atoms with van der Waals surface area (Å²) in [6, 6.07) is 0.405. The van der Waals surface area contributed by atoms with Crippen LogP contribution in [0.25, 0.3) is 0 Å². The van der Waals surface area contributed by atoms with E-state index in [1.54, 1.807) is 0 Å². The van der Waals surface area contributed by atoms with E-state index in [0.29, 0.717) is 12.1 Å². The van der Waals surface area contributed by atoms with Gasteiger partial charge in [0, 0.05) is 70.2 Å². The fourth-order valence-electron chi connectivity index (χ4n) is 4.11. The summed E-state index contributed by atoms with van der Waals surface area (Å²) < 4.78 is 76.0. The Morgan fingerprint density at radius 3 is 2.39 bits per heavy atom. The van der Waals surface area contributed by atoms with Crippen LogP contribution in [0.4, 0.5) is 18.9 Å². The van der Waals surface area contributed by atoms with E-state index in [9.17, 15) is 36.0 Å². The Morgan fingerprint density at radius 1 is 1.14 bits per heavy atom. The zero-order valence-electron chi connectivity index (χ0n) is 19.3. The van der Waals surface area contributed by atoms with Crippen molar-refractivity contribution < 1.29 is 40.7 Å². The molecule has 1 aromatic carbocycles. The molecule has 1 fully saturated rings. The number of rotatable bonds is 2. The van der Waals surface area contributed by atoms with Gasteiger partial charge in [0.2, 0.25) is 10.0 Å². The van der Waals surface area contributed by atoms with E-state index >= 15 is 0 Å². The number of fused-ring (bicyclic) bond motifs is 2. The number of hydrogen-bond donors (Lipinski definition) is 2. The molecule has 1 saturated heterocycles. The molecule has 0 unspecified atom stereocenters. The van der Waals surface area contributed by atoms with Crippen molar-refractivity contribution in [1.82, 2.24) is 19.1 Å². The van der Waals surface area contributed by atoms with Crippen LogP contribution in [0, 0.1) is 23.4 Å². The third-order valence-electron chi connectivity index (χ3n) is 5.91. The summed E-state index contributed by atoms with van der Waals surface area (Å²) in [5, 5.41) is 2.20. The van der Waals surface area contributed by atoms with Crippen molar-refractivity contribution in [2.24, 2.45) is 13.0 Å². The number of carbonyl (C=O) groups excluding carboxylic acids is 3. The molecular weight excluding hydrogens is 507 g/mol. The molecule has 2 atom stereocenters. The quantitative estimate of drug-likeness (QED) is 0.425. The average Bonchev–Trinajstić information content (AvgIpc) is 3.34. The number of sulfonamides is 1. The zero-order chi connectivity index (χ0) is 26.5. The number of likely N-dealkylation sites (tertiary alicyclic amines) is 1. The van der Waals surface area contributed by atoms with Gasteiger partial charge in [0.15, 0.2) is 28.9 Å². The molecule has 3 heterocycles. The van der Waals surface area contributed by atoms with Gasteiger partial charge in [-0.2, -0.15) is 0 Å². The maximum atomic E-state index is 13.6. The van der Waals surface area contributed by atoms with Crippen molar-refractivity contribution >= 4 is 33.4 Å². The minimum atomic E-state index is -4.25. The van der Waals surface area contributed by atoms with Crippen LogP contribution < -0.4 is 14.8 Å². The first kappa shape index (κ1) is 25.5. The molecule has 2 aliphatic rings. The van der Waals surface area contributed by atoms with E-state index in [0.717, 1.165) is 11.1 Å². The molecule has 11 nitrogen and oxygen atoms in total. The monoisotopic (exact) mass is 529 g/mol. The SMILES string of the molecule is CN(C)C(=O)C(=O)N1C[C@@H]2COc3c(cn(C)c3C(=O)Nc3cc(F)c(F)c(F)c3)S(=O)(=O)N[C@@H]2C1. The lowest BCUT2D eigenvalue weighted by Gasteiger charge is -2.23. The van der Waals surface area contributed by atoms with E-state index in [1.807, 2.05) is 0 Å². The molecule has 0 bridgehead atoms. The second-order valence-corrected chi connectivity index (χ2v) is 10.4. The van der Waals surface area contributed by atoms with Crippen LogP contribution in [-0.2, 0) is 26.7 Å². The molecule has 1 aromatic heterocycles. The summed E-state index contributed by atoms with van der Waals surface area (Å²) >= 11 is 0. The highest BCUT2D eigenvalue weighted by Gasteiger charge is 2.43. The van der Waals surface area contributed by atoms with Crippen LogP contribution in [-0.4, -0.2) is 80.3 Å². The van der Waals surface area contributed by atoms with Crippen LogP contribution in [0.5, 0.6) is 5.75 Å². The Bertz CT molecular complexity index is 1350. The molecule has 36 heavy (non-hydrogen) atoms. The van der Waals surface area contributed by atoms with Crippen LogP contribution in [0.3, 0.4) is 0 Å². The van der Waals surface area contributed by atoms with Gasteiger partial charge >= 0.3 is 11.8 Å². The highest BCUT2D eigenvalue weighted by molar-refractivity contribution is 7.89. The molecule has 0 aliphatic carbocycles. The maximum absolute atomic E-state index is 13.6. The lowest BCUT2D eigenvalue weighted by atomic mass is 10.1. The number of nitrogens with one attached hydrogen (secondary N) is 2. The highest BCUT2D eigenvalue weighted by Crippen LogP contribution is 2.35. The number of likely N-dealkylation sites (N-methyl/N-ethyl adjacent to an activating group) is 1. The molecule has 194 valence electrons. The number of ether oxygens (including phenoxy) is 1. The average molecular weight is 529 g/mol. The van der Waals surface area contributed by atoms with Gasteiger partial charge in [-0.15, -0.1) is 0 Å². The van der Waals surface area contributed by atoms with Gasteiger partial charge in [0.05, 0.1) is 6.61 Å². The fourth-order valence-corrected chi connectivity index (χ4v) is 5.60. The van der Waals surface area contributed by atoms with Gasteiger partial charge in [-0.3, -0.25) is 14.4 Å². The number of benzene rings is 1. The second-order valence-electron chi connectivity index (χ2n) is 8.70. The van der Waals surface area contributed by atoms with Crippen molar-refractivity contribution in [3.05, 3.63) is 41.5 Å². The first-order chi connectivity index (χ1) is 16.8. The van der Waals surface area contributed by atoms with Crippen LogP contribution >= 0.6 is 0 Å².